The summed E-state index contributed by atoms with van der Waals surface area (Å²) in [5.74, 6) is -0.589. The molecular formula is C9H12ClN3O3. The van der Waals surface area contributed by atoms with Crippen molar-refractivity contribution in [3.8, 4) is 6.01 Å². The van der Waals surface area contributed by atoms with Crippen LogP contribution in [0.15, 0.2) is 6.20 Å². The van der Waals surface area contributed by atoms with Gasteiger partial charge in [-0.1, -0.05) is 11.6 Å². The van der Waals surface area contributed by atoms with Crippen LogP contribution in [0.5, 0.6) is 6.01 Å². The normalized spacial score (nSPS) is 9.94. The standard InChI is InChI=1S/C9H12ClN3O3/c1-3-13(5-7(14)15)8-6(10)4-11-9(12-8)16-2/h4H,3,5H2,1-2H3,(H,14,15). The zero-order chi connectivity index (χ0) is 12.1. The minimum Gasteiger partial charge on any atom is -0.480 e. The first-order valence-corrected chi connectivity index (χ1v) is 4.99. The lowest BCUT2D eigenvalue weighted by Gasteiger charge is -2.20. The van der Waals surface area contributed by atoms with Crippen molar-refractivity contribution in [2.24, 2.45) is 0 Å². The van der Waals surface area contributed by atoms with Gasteiger partial charge in [0.1, 0.15) is 11.6 Å². The van der Waals surface area contributed by atoms with Crippen molar-refractivity contribution in [3.63, 3.8) is 0 Å². The highest BCUT2D eigenvalue weighted by atomic mass is 35.5. The zero-order valence-electron chi connectivity index (χ0n) is 8.97. The molecule has 0 aliphatic rings. The molecule has 1 N–H and O–H groups in total. The summed E-state index contributed by atoms with van der Waals surface area (Å²) in [6.07, 6.45) is 1.38. The van der Waals surface area contributed by atoms with E-state index in [1.54, 1.807) is 0 Å². The van der Waals surface area contributed by atoms with Crippen molar-refractivity contribution in [1.29, 1.82) is 0 Å². The van der Waals surface area contributed by atoms with Gasteiger partial charge in [-0.25, -0.2) is 4.98 Å². The van der Waals surface area contributed by atoms with Crippen molar-refractivity contribution >= 4 is 23.4 Å². The lowest BCUT2D eigenvalue weighted by atomic mass is 10.4. The number of anilines is 1. The number of carbonyl (C=O) groups is 1. The topological polar surface area (TPSA) is 75.6 Å². The van der Waals surface area contributed by atoms with Gasteiger partial charge in [-0.3, -0.25) is 4.79 Å². The van der Waals surface area contributed by atoms with E-state index in [1.807, 2.05) is 6.92 Å². The number of halogens is 1. The van der Waals surface area contributed by atoms with Crippen LogP contribution in [0.3, 0.4) is 0 Å². The third-order valence-corrected chi connectivity index (χ3v) is 2.16. The number of nitrogens with zero attached hydrogens (tertiary/aromatic N) is 3. The van der Waals surface area contributed by atoms with Gasteiger partial charge in [0, 0.05) is 6.54 Å². The van der Waals surface area contributed by atoms with Crippen molar-refractivity contribution in [2.45, 2.75) is 6.92 Å². The highest BCUT2D eigenvalue weighted by Gasteiger charge is 2.15. The van der Waals surface area contributed by atoms with E-state index in [2.05, 4.69) is 9.97 Å². The third kappa shape index (κ3) is 2.96. The second-order valence-corrected chi connectivity index (χ2v) is 3.34. The molecule has 0 aliphatic heterocycles. The van der Waals surface area contributed by atoms with Crippen LogP contribution in [0.2, 0.25) is 5.02 Å². The lowest BCUT2D eigenvalue weighted by Crippen LogP contribution is -2.30. The molecule has 0 spiro atoms. The first-order valence-electron chi connectivity index (χ1n) is 4.61. The molecule has 0 aromatic carbocycles. The fraction of sp³-hybridized carbons (Fsp3) is 0.444. The molecular weight excluding hydrogens is 234 g/mol. The van der Waals surface area contributed by atoms with Gasteiger partial charge in [0.05, 0.1) is 13.3 Å². The number of hydrogen-bond acceptors (Lipinski definition) is 5. The first-order chi connectivity index (χ1) is 7.58. The van der Waals surface area contributed by atoms with E-state index in [1.165, 1.54) is 18.2 Å². The molecule has 0 radical (unpaired) electrons. The van der Waals surface area contributed by atoms with Crippen molar-refractivity contribution in [2.75, 3.05) is 25.1 Å². The molecule has 0 aliphatic carbocycles. The van der Waals surface area contributed by atoms with E-state index in [-0.39, 0.29) is 12.6 Å². The molecule has 1 heterocycles. The smallest absolute Gasteiger partial charge is 0.323 e. The third-order valence-electron chi connectivity index (χ3n) is 1.89. The molecule has 0 saturated carbocycles. The minimum atomic E-state index is -0.949. The summed E-state index contributed by atoms with van der Waals surface area (Å²) in [7, 11) is 1.43. The zero-order valence-corrected chi connectivity index (χ0v) is 9.73. The summed E-state index contributed by atoms with van der Waals surface area (Å²) in [5.41, 5.74) is 0. The molecule has 0 amide bonds. The molecule has 1 rings (SSSR count). The average Bonchev–Trinajstić information content (AvgIpc) is 2.26. The Bertz CT molecular complexity index is 386. The molecule has 0 bridgehead atoms. The molecule has 16 heavy (non-hydrogen) atoms. The maximum Gasteiger partial charge on any atom is 0.323 e. The summed E-state index contributed by atoms with van der Waals surface area (Å²) in [6, 6.07) is 0.156. The molecule has 7 heteroatoms. The van der Waals surface area contributed by atoms with Crippen LogP contribution in [-0.2, 0) is 4.79 Å². The van der Waals surface area contributed by atoms with Gasteiger partial charge in [0.2, 0.25) is 0 Å². The molecule has 1 aromatic heterocycles. The van der Waals surface area contributed by atoms with Gasteiger partial charge in [-0.05, 0) is 6.92 Å². The molecule has 0 saturated heterocycles. The van der Waals surface area contributed by atoms with Crippen LogP contribution in [0.4, 0.5) is 5.82 Å². The highest BCUT2D eigenvalue weighted by molar-refractivity contribution is 6.32. The maximum atomic E-state index is 10.6. The molecule has 0 fully saturated rings. The fourth-order valence-corrected chi connectivity index (χ4v) is 1.37. The van der Waals surface area contributed by atoms with Gasteiger partial charge in [-0.15, -0.1) is 0 Å². The van der Waals surface area contributed by atoms with Gasteiger partial charge < -0.3 is 14.7 Å². The lowest BCUT2D eigenvalue weighted by molar-refractivity contribution is -0.135. The fourth-order valence-electron chi connectivity index (χ4n) is 1.16. The van der Waals surface area contributed by atoms with Gasteiger partial charge in [-0.2, -0.15) is 4.98 Å². The minimum absolute atomic E-state index is 0.156. The summed E-state index contributed by atoms with van der Waals surface area (Å²) in [5, 5.41) is 9.03. The predicted octanol–water partition coefficient (Wildman–Crippen LogP) is 1.05. The number of methoxy groups -OCH3 is 1. The number of aromatic nitrogens is 2. The van der Waals surface area contributed by atoms with Crippen LogP contribution in [0, 0.1) is 0 Å². The van der Waals surface area contributed by atoms with Crippen LogP contribution < -0.4 is 9.64 Å². The van der Waals surface area contributed by atoms with Gasteiger partial charge in [0.15, 0.2) is 5.82 Å². The van der Waals surface area contributed by atoms with Crippen LogP contribution >= 0.6 is 11.6 Å². The largest absolute Gasteiger partial charge is 0.480 e. The summed E-state index contributed by atoms with van der Waals surface area (Å²) in [4.78, 5) is 20.0. The number of rotatable bonds is 5. The quantitative estimate of drug-likeness (QED) is 0.836. The van der Waals surface area contributed by atoms with Crippen molar-refractivity contribution in [1.82, 2.24) is 9.97 Å². The Kier molecular flexibility index (Phi) is 4.30. The SMILES string of the molecule is CCN(CC(=O)O)c1nc(OC)ncc1Cl. The number of ether oxygens (including phenoxy) is 1. The van der Waals surface area contributed by atoms with E-state index in [0.717, 1.165) is 0 Å². The molecule has 6 nitrogen and oxygen atoms in total. The van der Waals surface area contributed by atoms with Crippen LogP contribution in [-0.4, -0.2) is 41.2 Å². The van der Waals surface area contributed by atoms with Crippen molar-refractivity contribution in [3.05, 3.63) is 11.2 Å². The number of likely N-dealkylation sites (N-methyl/N-ethyl adjacent to an activating group) is 1. The monoisotopic (exact) mass is 245 g/mol. The highest BCUT2D eigenvalue weighted by Crippen LogP contribution is 2.23. The first kappa shape index (κ1) is 12.5. The van der Waals surface area contributed by atoms with Crippen LogP contribution in [0.25, 0.3) is 0 Å². The Morgan fingerprint density at radius 1 is 1.69 bits per heavy atom. The van der Waals surface area contributed by atoms with Gasteiger partial charge in [0.25, 0.3) is 0 Å². The number of aliphatic carboxylic acids is 1. The van der Waals surface area contributed by atoms with E-state index in [4.69, 9.17) is 21.4 Å². The maximum absolute atomic E-state index is 10.6. The Hall–Kier alpha value is -1.56. The predicted molar refractivity (Wildman–Crippen MR) is 59.1 cm³/mol. The number of hydrogen-bond donors (Lipinski definition) is 1. The van der Waals surface area contributed by atoms with E-state index < -0.39 is 5.97 Å². The molecule has 0 atom stereocenters. The molecule has 88 valence electrons. The summed E-state index contributed by atoms with van der Waals surface area (Å²) < 4.78 is 4.85. The Morgan fingerprint density at radius 3 is 2.88 bits per heavy atom. The molecule has 0 unspecified atom stereocenters. The van der Waals surface area contributed by atoms with Gasteiger partial charge >= 0.3 is 12.0 Å². The van der Waals surface area contributed by atoms with E-state index in [9.17, 15) is 4.79 Å². The Morgan fingerprint density at radius 2 is 2.38 bits per heavy atom. The van der Waals surface area contributed by atoms with E-state index in [0.29, 0.717) is 17.4 Å². The Balaban J connectivity index is 3.02. The summed E-state index contributed by atoms with van der Waals surface area (Å²) >= 11 is 5.89. The number of carboxylic acids is 1. The second-order valence-electron chi connectivity index (χ2n) is 2.94. The van der Waals surface area contributed by atoms with Crippen LogP contribution in [0.1, 0.15) is 6.92 Å². The average molecular weight is 246 g/mol. The second kappa shape index (κ2) is 5.50. The van der Waals surface area contributed by atoms with E-state index >= 15 is 0 Å². The van der Waals surface area contributed by atoms with Crippen molar-refractivity contribution < 1.29 is 14.6 Å². The summed E-state index contributed by atoms with van der Waals surface area (Å²) in [6.45, 7) is 2.12. The molecule has 1 aromatic rings. The Labute approximate surface area is 97.8 Å². The number of carboxylic acid groups (broad SMARTS) is 1.